The summed E-state index contributed by atoms with van der Waals surface area (Å²) >= 11 is 0. The molecular weight excluding hydrogens is 468 g/mol. The highest BCUT2D eigenvalue weighted by Crippen LogP contribution is 2.13. The fraction of sp³-hybridized carbons (Fsp3) is 0.676. The van der Waals surface area contributed by atoms with E-state index in [2.05, 4.69) is 37.3 Å². The molecule has 3 N–H and O–H groups in total. The Labute approximate surface area is 238 Å². The lowest BCUT2D eigenvalue weighted by atomic mass is 10.0. The average Bonchev–Trinajstić information content (AvgIpc) is 2.89. The predicted molar refractivity (Wildman–Crippen MR) is 174 cm³/mol. The molecule has 0 rings (SSSR count). The maximum Gasteiger partial charge on any atom is 0.317 e. The lowest BCUT2D eigenvalue weighted by Crippen LogP contribution is -2.16. The third kappa shape index (κ3) is 54.7. The molecule has 224 valence electrons. The first kappa shape index (κ1) is 43.0. The van der Waals surface area contributed by atoms with Crippen LogP contribution >= 0.6 is 0 Å². The third-order valence-electron chi connectivity index (χ3n) is 5.34. The van der Waals surface area contributed by atoms with Crippen LogP contribution in [0.2, 0.25) is 0 Å². The fourth-order valence-corrected chi connectivity index (χ4v) is 3.32. The van der Waals surface area contributed by atoms with Crippen molar-refractivity contribution in [3.63, 3.8) is 0 Å². The molecular formula is C34H66N2O2. The second-order valence-electron chi connectivity index (χ2n) is 9.27. The minimum absolute atomic E-state index is 0.0417. The maximum absolute atomic E-state index is 9.54. The molecule has 0 aromatic rings. The van der Waals surface area contributed by atoms with Crippen molar-refractivity contribution in [3.8, 4) is 0 Å². The fourth-order valence-electron chi connectivity index (χ4n) is 3.32. The van der Waals surface area contributed by atoms with Crippen molar-refractivity contribution in [2.24, 2.45) is 0 Å². The van der Waals surface area contributed by atoms with Crippen LogP contribution in [0, 0.1) is 0 Å². The van der Waals surface area contributed by atoms with Crippen molar-refractivity contribution in [3.05, 3.63) is 61.4 Å². The highest BCUT2D eigenvalue weighted by Gasteiger charge is 1.95. The molecule has 0 aliphatic carbocycles. The summed E-state index contributed by atoms with van der Waals surface area (Å²) in [5, 5.41) is 13.6. The van der Waals surface area contributed by atoms with Gasteiger partial charge in [0.2, 0.25) is 0 Å². The Morgan fingerprint density at radius 3 is 1.58 bits per heavy atom. The summed E-state index contributed by atoms with van der Waals surface area (Å²) in [6.45, 7) is 22.6. The van der Waals surface area contributed by atoms with E-state index in [1.54, 1.807) is 7.05 Å². The zero-order valence-electron chi connectivity index (χ0n) is 26.4. The van der Waals surface area contributed by atoms with Crippen LogP contribution in [0.1, 0.15) is 131 Å². The number of unbranched alkanes of at least 4 members (excludes halogenated alkanes) is 13. The highest BCUT2D eigenvalue weighted by atomic mass is 16.4. The first-order valence-corrected chi connectivity index (χ1v) is 15.2. The number of hydrogen-bond donors (Lipinski definition) is 3. The average molecular weight is 535 g/mol. The van der Waals surface area contributed by atoms with Crippen LogP contribution < -0.4 is 10.6 Å². The molecule has 38 heavy (non-hydrogen) atoms. The van der Waals surface area contributed by atoms with E-state index in [0.717, 1.165) is 18.5 Å². The molecule has 0 heterocycles. The van der Waals surface area contributed by atoms with Gasteiger partial charge < -0.3 is 15.7 Å². The van der Waals surface area contributed by atoms with Gasteiger partial charge in [-0.05, 0) is 33.7 Å². The van der Waals surface area contributed by atoms with Crippen molar-refractivity contribution >= 4 is 5.97 Å². The third-order valence-corrected chi connectivity index (χ3v) is 5.34. The number of rotatable bonds is 22. The Bertz CT molecular complexity index is 565. The van der Waals surface area contributed by atoms with E-state index < -0.39 is 5.97 Å². The summed E-state index contributed by atoms with van der Waals surface area (Å²) in [6.07, 6.45) is 30.8. The van der Waals surface area contributed by atoms with Crippen molar-refractivity contribution < 1.29 is 9.90 Å². The molecule has 0 aliphatic rings. The van der Waals surface area contributed by atoms with E-state index in [4.69, 9.17) is 5.11 Å². The van der Waals surface area contributed by atoms with Crippen LogP contribution in [0.3, 0.4) is 0 Å². The molecule has 0 spiro atoms. The Morgan fingerprint density at radius 2 is 1.26 bits per heavy atom. The predicted octanol–water partition coefficient (Wildman–Crippen LogP) is 10.2. The molecule has 0 unspecified atom stereocenters. The largest absolute Gasteiger partial charge is 0.480 e. The van der Waals surface area contributed by atoms with Gasteiger partial charge >= 0.3 is 5.97 Å². The Kier molecular flexibility index (Phi) is 47.6. The monoisotopic (exact) mass is 535 g/mol. The van der Waals surface area contributed by atoms with Gasteiger partial charge in [-0.3, -0.25) is 4.79 Å². The maximum atomic E-state index is 9.54. The van der Waals surface area contributed by atoms with Crippen LogP contribution in [-0.4, -0.2) is 31.2 Å². The minimum Gasteiger partial charge on any atom is -0.480 e. The van der Waals surface area contributed by atoms with E-state index in [1.165, 1.54) is 95.6 Å². The quantitative estimate of drug-likeness (QED) is 0.0734. The zero-order valence-corrected chi connectivity index (χ0v) is 26.4. The van der Waals surface area contributed by atoms with Crippen molar-refractivity contribution in [2.75, 3.05) is 20.1 Å². The number of nitrogens with one attached hydrogen (secondary N) is 2. The molecule has 0 aromatic heterocycles. The van der Waals surface area contributed by atoms with Crippen molar-refractivity contribution in [1.82, 2.24) is 10.6 Å². The standard InChI is InChI=1S/C21H41N.C8H12.C3H7NO2.C2H6/c1-4-6-7-8-9-10-11-12-13-14-15-16-17-18-19-21(3)22-20-5-2;1-4-5-6-7-8(2)3;1-4-2-3(5)6;1-2/h5,22H,2-4,6-20H2,1H3;4-7H,2H2,1,3H3;4H,2H2,1H3,(H,5,6);1-2H3/b;5-4-,7-6-;;. The molecule has 4 heteroatoms. The van der Waals surface area contributed by atoms with Gasteiger partial charge in [0.1, 0.15) is 0 Å². The van der Waals surface area contributed by atoms with E-state index in [1.807, 2.05) is 58.1 Å². The molecule has 0 saturated heterocycles. The molecule has 0 amide bonds. The van der Waals surface area contributed by atoms with E-state index >= 15 is 0 Å². The number of hydrogen-bond acceptors (Lipinski definition) is 3. The van der Waals surface area contributed by atoms with Crippen LogP contribution in [0.4, 0.5) is 0 Å². The zero-order chi connectivity index (χ0) is 29.7. The lowest BCUT2D eigenvalue weighted by molar-refractivity contribution is -0.135. The lowest BCUT2D eigenvalue weighted by Gasteiger charge is -2.07. The Balaban J connectivity index is -0.000000294. The summed E-state index contributed by atoms with van der Waals surface area (Å²) in [6, 6.07) is 0. The number of allylic oxidation sites excluding steroid dienone is 6. The van der Waals surface area contributed by atoms with Crippen LogP contribution in [-0.2, 0) is 4.79 Å². The van der Waals surface area contributed by atoms with Crippen molar-refractivity contribution in [1.29, 1.82) is 0 Å². The first-order chi connectivity index (χ1) is 18.3. The second kappa shape index (κ2) is 42.0. The van der Waals surface area contributed by atoms with Gasteiger partial charge in [-0.25, -0.2) is 0 Å². The SMILES string of the molecule is C=C(C)/C=C\C=C/C.C=CCNC(=C)CCCCCCCCCCCCCCCC.CC.CNCC(=O)O. The molecule has 0 aromatic carbocycles. The summed E-state index contributed by atoms with van der Waals surface area (Å²) in [7, 11) is 1.59. The summed E-state index contributed by atoms with van der Waals surface area (Å²) in [4.78, 5) is 9.54. The van der Waals surface area contributed by atoms with E-state index in [0.29, 0.717) is 0 Å². The summed E-state index contributed by atoms with van der Waals surface area (Å²) in [5.41, 5.74) is 2.25. The molecule has 0 aliphatic heterocycles. The topological polar surface area (TPSA) is 61.4 Å². The Hall–Kier alpha value is -2.07. The second-order valence-corrected chi connectivity index (χ2v) is 9.27. The van der Waals surface area contributed by atoms with Gasteiger partial charge in [0.15, 0.2) is 0 Å². The smallest absolute Gasteiger partial charge is 0.317 e. The normalized spacial score (nSPS) is 9.95. The van der Waals surface area contributed by atoms with Crippen LogP contribution in [0.25, 0.3) is 0 Å². The molecule has 4 nitrogen and oxygen atoms in total. The molecule has 0 radical (unpaired) electrons. The van der Waals surface area contributed by atoms with Crippen molar-refractivity contribution in [2.45, 2.75) is 131 Å². The summed E-state index contributed by atoms with van der Waals surface area (Å²) in [5.74, 6) is -0.822. The number of carbonyl (C=O) groups is 1. The van der Waals surface area contributed by atoms with E-state index in [9.17, 15) is 4.79 Å². The number of likely N-dealkylation sites (N-methyl/N-ethyl adjacent to an activating group) is 1. The number of aliphatic carboxylic acids is 1. The van der Waals surface area contributed by atoms with E-state index in [-0.39, 0.29) is 6.54 Å². The highest BCUT2D eigenvalue weighted by molar-refractivity contribution is 5.68. The van der Waals surface area contributed by atoms with Gasteiger partial charge in [-0.15, -0.1) is 6.58 Å². The van der Waals surface area contributed by atoms with Crippen LogP contribution in [0.15, 0.2) is 61.4 Å². The van der Waals surface area contributed by atoms with Gasteiger partial charge in [-0.2, -0.15) is 0 Å². The molecule has 0 bridgehead atoms. The molecule has 0 saturated carbocycles. The van der Waals surface area contributed by atoms with Gasteiger partial charge in [0, 0.05) is 12.2 Å². The van der Waals surface area contributed by atoms with Gasteiger partial charge in [0.25, 0.3) is 0 Å². The minimum atomic E-state index is -0.822. The van der Waals surface area contributed by atoms with Crippen LogP contribution in [0.5, 0.6) is 0 Å². The first-order valence-electron chi connectivity index (χ1n) is 15.2. The van der Waals surface area contributed by atoms with Gasteiger partial charge in [-0.1, -0.05) is 153 Å². The summed E-state index contributed by atoms with van der Waals surface area (Å²) < 4.78 is 0. The molecule has 0 fully saturated rings. The molecule has 0 atom stereocenters. The van der Waals surface area contributed by atoms with Gasteiger partial charge in [0.05, 0.1) is 6.54 Å². The Morgan fingerprint density at radius 1 is 0.816 bits per heavy atom. The number of carboxylic acid groups (broad SMARTS) is 1. The number of carboxylic acids is 1.